The van der Waals surface area contributed by atoms with Gasteiger partial charge in [0.1, 0.15) is 5.82 Å². The molecule has 1 atom stereocenters. The molecule has 2 aromatic rings. The number of benzene rings is 1. The van der Waals surface area contributed by atoms with E-state index >= 15 is 0 Å². The number of hydrogen-bond acceptors (Lipinski definition) is 4. The predicted octanol–water partition coefficient (Wildman–Crippen LogP) is 2.57. The maximum absolute atomic E-state index is 4.40. The largest absolute Gasteiger partial charge is 0.369 e. The van der Waals surface area contributed by atoms with Gasteiger partial charge in [-0.25, -0.2) is 0 Å². The van der Waals surface area contributed by atoms with Crippen molar-refractivity contribution in [2.45, 2.75) is 51.2 Å². The fraction of sp³-hybridized carbons (Fsp3) is 0.550. The summed E-state index contributed by atoms with van der Waals surface area (Å²) in [5.74, 6) is 2.97. The van der Waals surface area contributed by atoms with Gasteiger partial charge in [-0.1, -0.05) is 24.6 Å². The molecule has 0 saturated carbocycles. The minimum atomic E-state index is 0. The van der Waals surface area contributed by atoms with Crippen LogP contribution in [0.15, 0.2) is 35.3 Å². The molecule has 0 spiro atoms. The highest BCUT2D eigenvalue weighted by Crippen LogP contribution is 2.19. The molecule has 28 heavy (non-hydrogen) atoms. The lowest BCUT2D eigenvalue weighted by molar-refractivity contribution is 0.591. The highest BCUT2D eigenvalue weighted by molar-refractivity contribution is 14.0. The minimum absolute atomic E-state index is 0. The number of nitrogens with one attached hydrogen (secondary N) is 2. The molecule has 2 aliphatic heterocycles. The van der Waals surface area contributed by atoms with Crippen LogP contribution in [0.1, 0.15) is 37.3 Å². The summed E-state index contributed by atoms with van der Waals surface area (Å²) in [6.45, 7) is 3.74. The number of halogens is 1. The molecule has 0 aliphatic carbocycles. The Balaban J connectivity index is 0.00000225. The quantitative estimate of drug-likeness (QED) is 0.388. The van der Waals surface area contributed by atoms with Gasteiger partial charge in [0.05, 0.1) is 6.54 Å². The highest BCUT2D eigenvalue weighted by Gasteiger charge is 2.23. The van der Waals surface area contributed by atoms with Crippen LogP contribution in [0, 0.1) is 0 Å². The SMILES string of the molecule is CN=C(NCc1nnc2n1CCCCC2)NC1CCN(c2ccccc2)C1.I. The van der Waals surface area contributed by atoms with Crippen LogP contribution < -0.4 is 15.5 Å². The van der Waals surface area contributed by atoms with E-state index in [-0.39, 0.29) is 24.0 Å². The number of hydrogen-bond donors (Lipinski definition) is 2. The van der Waals surface area contributed by atoms with E-state index < -0.39 is 0 Å². The molecular formula is C20H30IN7. The standard InChI is InChI=1S/C20H29N7.HI/c1-21-20(22-14-19-25-24-18-10-6-3-7-12-27(18)19)23-16-11-13-26(15-16)17-8-4-2-5-9-17;/h2,4-5,8-9,16H,3,6-7,10-15H2,1H3,(H2,21,22,23);1H. The first-order valence-electron chi connectivity index (χ1n) is 10.0. The maximum atomic E-state index is 4.40. The maximum Gasteiger partial charge on any atom is 0.191 e. The summed E-state index contributed by atoms with van der Waals surface area (Å²) >= 11 is 0. The molecule has 2 aliphatic rings. The van der Waals surface area contributed by atoms with Crippen molar-refractivity contribution < 1.29 is 0 Å². The van der Waals surface area contributed by atoms with Crippen LogP contribution in [0.5, 0.6) is 0 Å². The van der Waals surface area contributed by atoms with Crippen molar-refractivity contribution in [2.75, 3.05) is 25.0 Å². The van der Waals surface area contributed by atoms with Crippen molar-refractivity contribution >= 4 is 35.6 Å². The number of nitrogens with zero attached hydrogens (tertiary/aromatic N) is 5. The predicted molar refractivity (Wildman–Crippen MR) is 123 cm³/mol. The van der Waals surface area contributed by atoms with Crippen LogP contribution in [0.3, 0.4) is 0 Å². The number of aromatic nitrogens is 3. The van der Waals surface area contributed by atoms with Crippen LogP contribution in [-0.4, -0.2) is 46.9 Å². The molecule has 0 amide bonds. The summed E-state index contributed by atoms with van der Waals surface area (Å²) in [6.07, 6.45) is 5.85. The summed E-state index contributed by atoms with van der Waals surface area (Å²) in [7, 11) is 1.82. The number of para-hydroxylation sites is 1. The van der Waals surface area contributed by atoms with Gasteiger partial charge in [-0.2, -0.15) is 0 Å². The summed E-state index contributed by atoms with van der Waals surface area (Å²) in [5.41, 5.74) is 1.29. The zero-order valence-corrected chi connectivity index (χ0v) is 18.8. The number of rotatable bonds is 4. The van der Waals surface area contributed by atoms with Crippen LogP contribution in [0.4, 0.5) is 5.69 Å². The van der Waals surface area contributed by atoms with Crippen molar-refractivity contribution in [1.29, 1.82) is 0 Å². The van der Waals surface area contributed by atoms with Gasteiger partial charge in [0.15, 0.2) is 11.8 Å². The summed E-state index contributed by atoms with van der Waals surface area (Å²) in [4.78, 5) is 6.82. The van der Waals surface area contributed by atoms with E-state index in [1.54, 1.807) is 0 Å². The molecule has 1 unspecified atom stereocenters. The van der Waals surface area contributed by atoms with Crippen LogP contribution in [0.2, 0.25) is 0 Å². The molecule has 1 aromatic carbocycles. The second-order valence-electron chi connectivity index (χ2n) is 7.33. The molecule has 8 heteroatoms. The first-order valence-corrected chi connectivity index (χ1v) is 10.0. The van der Waals surface area contributed by atoms with E-state index in [1.165, 1.54) is 24.9 Å². The zero-order valence-electron chi connectivity index (χ0n) is 16.5. The van der Waals surface area contributed by atoms with Crippen molar-refractivity contribution in [3.63, 3.8) is 0 Å². The van der Waals surface area contributed by atoms with Gasteiger partial charge < -0.3 is 20.1 Å². The Morgan fingerprint density at radius 2 is 2.00 bits per heavy atom. The fourth-order valence-electron chi connectivity index (χ4n) is 3.98. The van der Waals surface area contributed by atoms with Crippen molar-refractivity contribution in [1.82, 2.24) is 25.4 Å². The van der Waals surface area contributed by atoms with Crippen molar-refractivity contribution in [3.8, 4) is 0 Å². The molecule has 152 valence electrons. The van der Waals surface area contributed by atoms with E-state index in [2.05, 4.69) is 65.6 Å². The molecule has 1 aromatic heterocycles. The Kier molecular flexibility index (Phi) is 7.52. The lowest BCUT2D eigenvalue weighted by Crippen LogP contribution is -2.44. The Hall–Kier alpha value is -1.84. The Labute approximate surface area is 184 Å². The molecule has 2 N–H and O–H groups in total. The van der Waals surface area contributed by atoms with E-state index in [0.717, 1.165) is 50.1 Å². The summed E-state index contributed by atoms with van der Waals surface area (Å²) in [6, 6.07) is 11.0. The normalized spacial score (nSPS) is 19.5. The summed E-state index contributed by atoms with van der Waals surface area (Å²) in [5, 5.41) is 15.7. The Bertz CT molecular complexity index is 774. The number of aliphatic imine (C=N–C) groups is 1. The van der Waals surface area contributed by atoms with Crippen molar-refractivity contribution in [3.05, 3.63) is 42.0 Å². The zero-order chi connectivity index (χ0) is 18.5. The average molecular weight is 495 g/mol. The molecule has 7 nitrogen and oxygen atoms in total. The van der Waals surface area contributed by atoms with E-state index in [4.69, 9.17) is 0 Å². The van der Waals surface area contributed by atoms with Gasteiger partial charge in [0.25, 0.3) is 0 Å². The number of fused-ring (bicyclic) bond motifs is 1. The first-order chi connectivity index (χ1) is 13.3. The third kappa shape index (κ3) is 4.95. The van der Waals surface area contributed by atoms with Gasteiger partial charge in [-0.05, 0) is 31.4 Å². The fourth-order valence-corrected chi connectivity index (χ4v) is 3.98. The number of guanidine groups is 1. The smallest absolute Gasteiger partial charge is 0.191 e. The second-order valence-corrected chi connectivity index (χ2v) is 7.33. The topological polar surface area (TPSA) is 70.4 Å². The summed E-state index contributed by atoms with van der Waals surface area (Å²) < 4.78 is 2.28. The molecule has 1 fully saturated rings. The molecule has 1 saturated heterocycles. The lowest BCUT2D eigenvalue weighted by atomic mass is 10.2. The molecule has 3 heterocycles. The van der Waals surface area contributed by atoms with E-state index in [1.807, 2.05) is 7.05 Å². The van der Waals surface area contributed by atoms with E-state index in [9.17, 15) is 0 Å². The highest BCUT2D eigenvalue weighted by atomic mass is 127. The van der Waals surface area contributed by atoms with Gasteiger partial charge in [0, 0.05) is 44.8 Å². The van der Waals surface area contributed by atoms with E-state index in [0.29, 0.717) is 12.6 Å². The van der Waals surface area contributed by atoms with Crippen LogP contribution in [0.25, 0.3) is 0 Å². The van der Waals surface area contributed by atoms with Gasteiger partial charge >= 0.3 is 0 Å². The Morgan fingerprint density at radius 3 is 2.82 bits per heavy atom. The molecule has 4 rings (SSSR count). The minimum Gasteiger partial charge on any atom is -0.369 e. The molecule has 0 radical (unpaired) electrons. The lowest BCUT2D eigenvalue weighted by Gasteiger charge is -2.20. The van der Waals surface area contributed by atoms with Crippen LogP contribution in [-0.2, 0) is 19.5 Å². The molecule has 0 bridgehead atoms. The Morgan fingerprint density at radius 1 is 1.14 bits per heavy atom. The van der Waals surface area contributed by atoms with Gasteiger partial charge in [-0.3, -0.25) is 4.99 Å². The van der Waals surface area contributed by atoms with Crippen molar-refractivity contribution in [2.24, 2.45) is 4.99 Å². The van der Waals surface area contributed by atoms with Crippen LogP contribution >= 0.6 is 24.0 Å². The third-order valence-electron chi connectivity index (χ3n) is 5.47. The first kappa shape index (κ1) is 20.9. The van der Waals surface area contributed by atoms with Gasteiger partial charge in [0.2, 0.25) is 0 Å². The average Bonchev–Trinajstić information content (AvgIpc) is 3.26. The molecular weight excluding hydrogens is 465 g/mol. The number of aryl methyl sites for hydroxylation is 1. The second kappa shape index (κ2) is 10.1. The monoisotopic (exact) mass is 495 g/mol. The number of anilines is 1. The van der Waals surface area contributed by atoms with Gasteiger partial charge in [-0.15, -0.1) is 34.2 Å². The third-order valence-corrected chi connectivity index (χ3v) is 5.47.